The summed E-state index contributed by atoms with van der Waals surface area (Å²) >= 11 is 1.41. The van der Waals surface area contributed by atoms with E-state index >= 15 is 0 Å². The van der Waals surface area contributed by atoms with Gasteiger partial charge in [-0.2, -0.15) is 0 Å². The van der Waals surface area contributed by atoms with E-state index in [0.29, 0.717) is 0 Å². The summed E-state index contributed by atoms with van der Waals surface area (Å²) in [6.07, 6.45) is 1.25. The van der Waals surface area contributed by atoms with Crippen LogP contribution in [0.1, 0.15) is 6.42 Å². The Labute approximate surface area is 60.9 Å². The summed E-state index contributed by atoms with van der Waals surface area (Å²) in [5.41, 5.74) is 0. The molecule has 0 aromatic carbocycles. The average molecular weight is 174 g/mol. The van der Waals surface area contributed by atoms with Gasteiger partial charge in [0.05, 0.1) is 0 Å². The minimum absolute atomic E-state index is 0. The predicted molar refractivity (Wildman–Crippen MR) is 21.3 cm³/mol. The Balaban J connectivity index is 0. The monoisotopic (exact) mass is 172 g/mol. The van der Waals surface area contributed by atoms with E-state index in [9.17, 15) is 0 Å². The number of methoxy groups -OCH3 is 1. The molecule has 0 unspecified atom stereocenters. The molecular weight excluding hydrogens is 165 g/mol. The van der Waals surface area contributed by atoms with Crippen molar-refractivity contribution in [3.63, 3.8) is 0 Å². The Kier molecular flexibility index (Phi) is 15.4. The number of hydrogen-bond donors (Lipinski definition) is 0. The molecule has 0 aliphatic carbocycles. The molecule has 0 bridgehead atoms. The number of halogens is 1. The molecule has 0 N–H and O–H groups in total. The van der Waals surface area contributed by atoms with E-state index < -0.39 is 0 Å². The molecule has 0 amide bonds. The molecule has 3 heteroatoms. The van der Waals surface area contributed by atoms with Crippen LogP contribution in [-0.4, -0.2) is 13.7 Å². The molecule has 0 rings (SSSR count). The van der Waals surface area contributed by atoms with Gasteiger partial charge in [0, 0.05) is 0 Å². The van der Waals surface area contributed by atoms with Crippen molar-refractivity contribution in [3.8, 4) is 0 Å². The molecule has 0 aliphatic rings. The second-order valence-corrected chi connectivity index (χ2v) is 2.68. The molecule has 0 spiro atoms. The van der Waals surface area contributed by atoms with E-state index in [2.05, 4.69) is 0 Å². The van der Waals surface area contributed by atoms with E-state index in [0.717, 1.165) is 6.61 Å². The molecule has 0 aromatic rings. The zero-order valence-corrected chi connectivity index (χ0v) is 8.34. The maximum atomic E-state index is 4.80. The molecule has 0 saturated carbocycles. The maximum Gasteiger partial charge on any atom is -1.00 e. The standard InChI is InChI=1S/C4H9O.ClH.Zn/c1-3-4-5-2;;/h1,3-4H2,2H3;1H;/q;;+1/p-1. The summed E-state index contributed by atoms with van der Waals surface area (Å²) in [5, 5.41) is 1.36. The van der Waals surface area contributed by atoms with Gasteiger partial charge in [0.2, 0.25) is 0 Å². The van der Waals surface area contributed by atoms with Crippen molar-refractivity contribution in [1.29, 1.82) is 0 Å². The minimum atomic E-state index is 0. The quantitative estimate of drug-likeness (QED) is 0.355. The molecule has 0 heterocycles. The van der Waals surface area contributed by atoms with Crippen LogP contribution in [0.4, 0.5) is 0 Å². The van der Waals surface area contributed by atoms with Crippen LogP contribution in [0.3, 0.4) is 0 Å². The number of hydrogen-bond acceptors (Lipinski definition) is 1. The van der Waals surface area contributed by atoms with Crippen molar-refractivity contribution in [1.82, 2.24) is 0 Å². The van der Waals surface area contributed by atoms with Crippen LogP contribution in [0, 0.1) is 0 Å². The van der Waals surface area contributed by atoms with Crippen LogP contribution in [0.2, 0.25) is 5.02 Å². The van der Waals surface area contributed by atoms with Crippen molar-refractivity contribution in [3.05, 3.63) is 0 Å². The van der Waals surface area contributed by atoms with E-state index in [1.165, 1.54) is 29.7 Å². The van der Waals surface area contributed by atoms with Crippen molar-refractivity contribution in [2.75, 3.05) is 13.7 Å². The van der Waals surface area contributed by atoms with Crippen LogP contribution in [0.25, 0.3) is 0 Å². The molecule has 0 saturated heterocycles. The zero-order valence-electron chi connectivity index (χ0n) is 4.61. The van der Waals surface area contributed by atoms with Gasteiger partial charge in [0.1, 0.15) is 0 Å². The third-order valence-corrected chi connectivity index (χ3v) is 1.65. The van der Waals surface area contributed by atoms with Crippen LogP contribution in [-0.2, 0) is 23.0 Å². The summed E-state index contributed by atoms with van der Waals surface area (Å²) in [6.45, 7) is 0.944. The van der Waals surface area contributed by atoms with Gasteiger partial charge in [-0.05, 0) is 0 Å². The van der Waals surface area contributed by atoms with Gasteiger partial charge < -0.3 is 12.4 Å². The predicted octanol–water partition coefficient (Wildman–Crippen LogP) is -2.01. The van der Waals surface area contributed by atoms with E-state index in [1.807, 2.05) is 0 Å². The third kappa shape index (κ3) is 10.9. The summed E-state index contributed by atoms with van der Waals surface area (Å²) < 4.78 is 4.80. The molecule has 0 radical (unpaired) electrons. The van der Waals surface area contributed by atoms with Crippen molar-refractivity contribution in [2.45, 2.75) is 11.4 Å². The fourth-order valence-electron chi connectivity index (χ4n) is 0.246. The van der Waals surface area contributed by atoms with E-state index in [1.54, 1.807) is 7.11 Å². The fourth-order valence-corrected chi connectivity index (χ4v) is 0.675. The molecule has 0 aromatic heterocycles. The molecule has 1 nitrogen and oxygen atoms in total. The Hall–Kier alpha value is 0.873. The fraction of sp³-hybridized carbons (Fsp3) is 1.00. The second-order valence-electron chi connectivity index (χ2n) is 1.20. The Bertz CT molecular complexity index is 23.7. The topological polar surface area (TPSA) is 9.23 Å². The van der Waals surface area contributed by atoms with Crippen LogP contribution in [0.15, 0.2) is 0 Å². The molecule has 7 heavy (non-hydrogen) atoms. The van der Waals surface area contributed by atoms with Crippen molar-refractivity contribution < 1.29 is 35.4 Å². The molecule has 0 atom stereocenters. The third-order valence-electron chi connectivity index (χ3n) is 0.598. The SMILES string of the molecule is COCC[CH2][Zn+].[Cl-]. The molecule has 0 aliphatic heterocycles. The van der Waals surface area contributed by atoms with Crippen LogP contribution < -0.4 is 12.4 Å². The Morgan fingerprint density at radius 3 is 2.29 bits per heavy atom. The molecular formula is C4H9ClOZn. The van der Waals surface area contributed by atoms with E-state index in [4.69, 9.17) is 4.74 Å². The molecule has 0 fully saturated rings. The summed E-state index contributed by atoms with van der Waals surface area (Å²) in [4.78, 5) is 0. The average Bonchev–Trinajstić information content (AvgIpc) is 1.61. The van der Waals surface area contributed by atoms with Gasteiger partial charge in [-0.25, -0.2) is 0 Å². The van der Waals surface area contributed by atoms with Crippen molar-refractivity contribution in [2.24, 2.45) is 0 Å². The summed E-state index contributed by atoms with van der Waals surface area (Å²) in [7, 11) is 1.75. The van der Waals surface area contributed by atoms with Gasteiger partial charge in [-0.15, -0.1) is 0 Å². The van der Waals surface area contributed by atoms with Crippen LogP contribution in [0.5, 0.6) is 0 Å². The maximum absolute atomic E-state index is 4.80. The zero-order chi connectivity index (χ0) is 4.83. The minimum Gasteiger partial charge on any atom is -1.00 e. The largest absolute Gasteiger partial charge is 1.00 e. The van der Waals surface area contributed by atoms with Gasteiger partial charge >= 0.3 is 48.2 Å². The van der Waals surface area contributed by atoms with Gasteiger partial charge in [-0.1, -0.05) is 0 Å². The first-order chi connectivity index (χ1) is 2.91. The Morgan fingerprint density at radius 2 is 2.14 bits per heavy atom. The number of ether oxygens (including phenoxy) is 1. The van der Waals surface area contributed by atoms with E-state index in [-0.39, 0.29) is 12.4 Å². The summed E-state index contributed by atoms with van der Waals surface area (Å²) in [6, 6.07) is 0. The second kappa shape index (κ2) is 9.98. The smallest absolute Gasteiger partial charge is 1.00 e. The first-order valence-electron chi connectivity index (χ1n) is 2.20. The molecule has 40 valence electrons. The normalized spacial score (nSPS) is 7.86. The van der Waals surface area contributed by atoms with Gasteiger partial charge in [0.15, 0.2) is 0 Å². The van der Waals surface area contributed by atoms with Gasteiger partial charge in [0.25, 0.3) is 0 Å². The number of rotatable bonds is 3. The van der Waals surface area contributed by atoms with Crippen LogP contribution >= 0.6 is 0 Å². The van der Waals surface area contributed by atoms with Crippen molar-refractivity contribution >= 4 is 0 Å². The Morgan fingerprint density at radius 1 is 1.57 bits per heavy atom. The first kappa shape index (κ1) is 10.8. The van der Waals surface area contributed by atoms with Gasteiger partial charge in [-0.3, -0.25) is 0 Å². The summed E-state index contributed by atoms with van der Waals surface area (Å²) in [5.74, 6) is 0. The first-order valence-corrected chi connectivity index (χ1v) is 4.29.